The molecular formula is C48H60ClN9O4. The summed E-state index contributed by atoms with van der Waals surface area (Å²) in [5.41, 5.74) is 17.8. The van der Waals surface area contributed by atoms with Crippen molar-refractivity contribution in [3.8, 4) is 11.1 Å². The van der Waals surface area contributed by atoms with Gasteiger partial charge in [-0.05, 0) is 86.1 Å². The smallest absolute Gasteiger partial charge is 0.239 e. The van der Waals surface area contributed by atoms with Crippen molar-refractivity contribution in [1.29, 1.82) is 0 Å². The van der Waals surface area contributed by atoms with E-state index in [9.17, 15) is 19.8 Å². The average molecular weight is 863 g/mol. The highest BCUT2D eigenvalue weighted by atomic mass is 35.5. The fourth-order valence-corrected chi connectivity index (χ4v) is 8.42. The highest BCUT2D eigenvalue weighted by Gasteiger charge is 2.37. The molecule has 0 bridgehead atoms. The zero-order valence-electron chi connectivity index (χ0n) is 36.0. The zero-order valence-corrected chi connectivity index (χ0v) is 36.8. The van der Waals surface area contributed by atoms with Gasteiger partial charge in [0, 0.05) is 73.6 Å². The summed E-state index contributed by atoms with van der Waals surface area (Å²) in [4.78, 5) is 44.1. The second kappa shape index (κ2) is 21.1. The summed E-state index contributed by atoms with van der Waals surface area (Å²) >= 11 is 5.86. The predicted molar refractivity (Wildman–Crippen MR) is 245 cm³/mol. The lowest BCUT2D eigenvalue weighted by atomic mass is 9.91. The molecule has 1 aliphatic heterocycles. The SMILES string of the molecule is CC(C)(C)NC(=O)[C@@H]1CN(Cc2cccnc2)CCN1C[C@@H](O)C[C@@H](Cc1ccccc1)C(=O)N[C@H]1c2ccccc2C[C@H]1O.CCc1nc(N)nc(N)c1-c1ccc(Cl)cc1. The molecule has 2 amide bonds. The number of aliphatic hydroxyl groups excluding tert-OH is 2. The molecule has 0 radical (unpaired) electrons. The average Bonchev–Trinajstić information content (AvgIpc) is 3.55. The highest BCUT2D eigenvalue weighted by Crippen LogP contribution is 2.32. The van der Waals surface area contributed by atoms with Crippen molar-refractivity contribution in [3.63, 3.8) is 0 Å². The molecule has 1 saturated heterocycles. The van der Waals surface area contributed by atoms with Crippen LogP contribution in [0.15, 0.2) is 103 Å². The quantitative estimate of drug-likeness (QED) is 0.0889. The Labute approximate surface area is 369 Å². The van der Waals surface area contributed by atoms with E-state index in [4.69, 9.17) is 23.1 Å². The number of carbonyl (C=O) groups excluding carboxylic acids is 2. The van der Waals surface area contributed by atoms with Crippen LogP contribution in [0.25, 0.3) is 11.1 Å². The number of halogens is 1. The molecule has 5 aromatic rings. The molecule has 2 aliphatic rings. The van der Waals surface area contributed by atoms with Crippen molar-refractivity contribution >= 4 is 35.2 Å². The molecule has 3 aromatic carbocycles. The lowest BCUT2D eigenvalue weighted by Crippen LogP contribution is -2.61. The molecule has 2 aromatic heterocycles. The minimum atomic E-state index is -0.833. The minimum absolute atomic E-state index is 0.0712. The third-order valence-corrected chi connectivity index (χ3v) is 11.5. The van der Waals surface area contributed by atoms with Crippen LogP contribution in [0.2, 0.25) is 5.02 Å². The van der Waals surface area contributed by atoms with Crippen molar-refractivity contribution in [3.05, 3.63) is 136 Å². The van der Waals surface area contributed by atoms with Crippen LogP contribution in [0, 0.1) is 5.92 Å². The van der Waals surface area contributed by atoms with Gasteiger partial charge in [-0.2, -0.15) is 4.98 Å². The van der Waals surface area contributed by atoms with Gasteiger partial charge in [-0.15, -0.1) is 0 Å². The summed E-state index contributed by atoms with van der Waals surface area (Å²) in [6, 6.07) is 28.0. The summed E-state index contributed by atoms with van der Waals surface area (Å²) in [6.07, 6.45) is 4.01. The molecule has 0 spiro atoms. The van der Waals surface area contributed by atoms with Crippen LogP contribution in [0.4, 0.5) is 11.8 Å². The van der Waals surface area contributed by atoms with Gasteiger partial charge in [-0.3, -0.25) is 24.4 Å². The number of benzene rings is 3. The number of anilines is 2. The van der Waals surface area contributed by atoms with Crippen LogP contribution in [-0.2, 0) is 35.4 Å². The second-order valence-corrected chi connectivity index (χ2v) is 17.7. The van der Waals surface area contributed by atoms with Crippen molar-refractivity contribution < 1.29 is 19.8 Å². The molecular weight excluding hydrogens is 802 g/mol. The van der Waals surface area contributed by atoms with Gasteiger partial charge in [0.15, 0.2) is 0 Å². The van der Waals surface area contributed by atoms with E-state index in [0.717, 1.165) is 52.0 Å². The second-order valence-electron chi connectivity index (χ2n) is 17.2. The first-order valence-corrected chi connectivity index (χ1v) is 21.7. The number of aryl methyl sites for hydroxylation is 1. The fraction of sp³-hybridized carbons (Fsp3) is 0.396. The summed E-state index contributed by atoms with van der Waals surface area (Å²) < 4.78 is 0. The maximum Gasteiger partial charge on any atom is 0.239 e. The van der Waals surface area contributed by atoms with E-state index >= 15 is 0 Å². The number of fused-ring (bicyclic) bond motifs is 1. The molecule has 3 heterocycles. The lowest BCUT2D eigenvalue weighted by molar-refractivity contribution is -0.132. The number of piperazine rings is 1. The van der Waals surface area contributed by atoms with Crippen LogP contribution in [0.3, 0.4) is 0 Å². The summed E-state index contributed by atoms with van der Waals surface area (Å²) in [5, 5.41) is 29.2. The molecule has 14 heteroatoms. The van der Waals surface area contributed by atoms with Gasteiger partial charge in [0.2, 0.25) is 17.8 Å². The van der Waals surface area contributed by atoms with E-state index < -0.39 is 35.7 Å². The van der Waals surface area contributed by atoms with E-state index in [1.807, 2.05) is 125 Å². The van der Waals surface area contributed by atoms with E-state index in [-0.39, 0.29) is 30.7 Å². The predicted octanol–water partition coefficient (Wildman–Crippen LogP) is 5.39. The van der Waals surface area contributed by atoms with Crippen molar-refractivity contribution in [1.82, 2.24) is 35.4 Å². The normalized spacial score (nSPS) is 18.8. The number of hydrogen-bond donors (Lipinski definition) is 6. The Morgan fingerprint density at radius 3 is 2.34 bits per heavy atom. The first-order chi connectivity index (χ1) is 29.7. The Morgan fingerprint density at radius 2 is 1.65 bits per heavy atom. The van der Waals surface area contributed by atoms with Crippen molar-refractivity contribution in [2.24, 2.45) is 5.92 Å². The number of nitrogens with zero attached hydrogens (tertiary/aromatic N) is 5. The molecule has 0 saturated carbocycles. The number of aromatic nitrogens is 3. The molecule has 8 N–H and O–H groups in total. The van der Waals surface area contributed by atoms with Gasteiger partial charge in [0.05, 0.1) is 23.9 Å². The molecule has 0 unspecified atom stereocenters. The summed E-state index contributed by atoms with van der Waals surface area (Å²) in [6.45, 7) is 10.7. The molecule has 7 rings (SSSR count). The first kappa shape index (κ1) is 46.1. The van der Waals surface area contributed by atoms with Gasteiger partial charge in [0.1, 0.15) is 11.9 Å². The third kappa shape index (κ3) is 12.6. The van der Waals surface area contributed by atoms with Crippen molar-refractivity contribution in [2.45, 2.75) is 89.8 Å². The monoisotopic (exact) mass is 861 g/mol. The van der Waals surface area contributed by atoms with E-state index in [0.29, 0.717) is 43.3 Å². The standard InChI is InChI=1S/C36H47N5O4.C12H13ClN4/c1-36(2,3)39-35(45)31-24-40(22-26-12-9-15-37-21-26)16-17-41(31)23-29(42)19-28(18-25-10-5-4-6-11-25)34(44)38-33-30-14-8-7-13-27(30)20-32(33)43;1-2-9-10(11(14)17-12(15)16-9)7-3-5-8(13)6-4-7/h4-15,21,28-29,31-33,42-43H,16-20,22-24H2,1-3H3,(H,38,44)(H,39,45);3-6H,2H2,1H3,(H4,14,15,16,17)/t28-,29+,31+,32-,33+;/m1./s1. The maximum atomic E-state index is 13.8. The number of amides is 2. The maximum absolute atomic E-state index is 13.8. The molecule has 62 heavy (non-hydrogen) atoms. The zero-order chi connectivity index (χ0) is 44.4. The molecule has 13 nitrogen and oxygen atoms in total. The molecule has 1 aliphatic carbocycles. The Morgan fingerprint density at radius 1 is 0.935 bits per heavy atom. The first-order valence-electron chi connectivity index (χ1n) is 21.3. The number of rotatable bonds is 13. The number of nitrogens with two attached hydrogens (primary N) is 2. The Hall–Kier alpha value is -5.44. The number of nitrogen functional groups attached to an aromatic ring is 2. The number of aliphatic hydroxyl groups is 2. The summed E-state index contributed by atoms with van der Waals surface area (Å²) in [5.74, 6) is -0.176. The van der Waals surface area contributed by atoms with E-state index in [1.165, 1.54) is 0 Å². The minimum Gasteiger partial charge on any atom is -0.392 e. The van der Waals surface area contributed by atoms with Crippen LogP contribution in [0.5, 0.6) is 0 Å². The Kier molecular flexibility index (Phi) is 15.7. The molecule has 328 valence electrons. The van der Waals surface area contributed by atoms with Crippen molar-refractivity contribution in [2.75, 3.05) is 37.6 Å². The topological polar surface area (TPSA) is 196 Å². The molecule has 1 fully saturated rings. The number of β-amino-alcohol motifs (C(OH)–C–C–N with tert-alkyl or cyclic N) is 1. The van der Waals surface area contributed by atoms with Crippen LogP contribution < -0.4 is 22.1 Å². The fourth-order valence-electron chi connectivity index (χ4n) is 8.30. The number of pyridine rings is 1. The van der Waals surface area contributed by atoms with Crippen LogP contribution >= 0.6 is 11.6 Å². The Bertz CT molecular complexity index is 2240. The Balaban J connectivity index is 0.000000314. The van der Waals surface area contributed by atoms with Gasteiger partial charge >= 0.3 is 0 Å². The van der Waals surface area contributed by atoms with Gasteiger partial charge in [-0.1, -0.05) is 91.3 Å². The van der Waals surface area contributed by atoms with Gasteiger partial charge < -0.3 is 32.3 Å². The number of carbonyl (C=O) groups is 2. The lowest BCUT2D eigenvalue weighted by Gasteiger charge is -2.42. The summed E-state index contributed by atoms with van der Waals surface area (Å²) in [7, 11) is 0. The van der Waals surface area contributed by atoms with Crippen LogP contribution in [-0.4, -0.2) is 96.7 Å². The van der Waals surface area contributed by atoms with E-state index in [1.54, 1.807) is 6.20 Å². The molecule has 5 atom stereocenters. The van der Waals surface area contributed by atoms with E-state index in [2.05, 4.69) is 35.4 Å². The number of hydrogen-bond acceptors (Lipinski definition) is 11. The highest BCUT2D eigenvalue weighted by molar-refractivity contribution is 6.30. The van der Waals surface area contributed by atoms with Gasteiger partial charge in [0.25, 0.3) is 0 Å². The third-order valence-electron chi connectivity index (χ3n) is 11.2. The van der Waals surface area contributed by atoms with Crippen LogP contribution in [0.1, 0.15) is 68.1 Å². The largest absolute Gasteiger partial charge is 0.392 e. The van der Waals surface area contributed by atoms with Gasteiger partial charge in [-0.25, -0.2) is 4.98 Å². The number of nitrogens with one attached hydrogen (secondary N) is 2.